The number of methoxy groups -OCH3 is 1. The molecule has 0 fully saturated rings. The van der Waals surface area contributed by atoms with E-state index in [4.69, 9.17) is 9.15 Å². The van der Waals surface area contributed by atoms with E-state index >= 15 is 0 Å². The summed E-state index contributed by atoms with van der Waals surface area (Å²) < 4.78 is 15.7. The summed E-state index contributed by atoms with van der Waals surface area (Å²) in [6.07, 6.45) is 0.00982. The lowest BCUT2D eigenvalue weighted by Crippen LogP contribution is -2.36. The standard InChI is InChI=1S/C17H17NO5/c1-10-13(17(20)21-2)8-12(22-10)9-18-16(19)15-7-11-5-3-4-6-14(11)23-15/h3-6,8,15H,7,9H2,1-2H3,(H,18,19)/t15-/m1/s1. The maximum atomic E-state index is 12.2. The third-order valence-electron chi connectivity index (χ3n) is 3.75. The van der Waals surface area contributed by atoms with Crippen LogP contribution in [-0.2, 0) is 22.5 Å². The number of hydrogen-bond acceptors (Lipinski definition) is 5. The van der Waals surface area contributed by atoms with Crippen LogP contribution in [0.15, 0.2) is 34.7 Å². The largest absolute Gasteiger partial charge is 0.480 e. The van der Waals surface area contributed by atoms with E-state index in [1.807, 2.05) is 24.3 Å². The molecule has 1 amide bonds. The van der Waals surface area contributed by atoms with Gasteiger partial charge in [0.25, 0.3) is 5.91 Å². The molecule has 23 heavy (non-hydrogen) atoms. The third kappa shape index (κ3) is 3.06. The minimum absolute atomic E-state index is 0.187. The summed E-state index contributed by atoms with van der Waals surface area (Å²) in [6, 6.07) is 9.16. The molecular weight excluding hydrogens is 298 g/mol. The molecule has 3 rings (SSSR count). The molecule has 0 saturated heterocycles. The van der Waals surface area contributed by atoms with Gasteiger partial charge < -0.3 is 19.2 Å². The minimum Gasteiger partial charge on any atom is -0.480 e. The van der Waals surface area contributed by atoms with E-state index in [1.54, 1.807) is 13.0 Å². The van der Waals surface area contributed by atoms with Gasteiger partial charge >= 0.3 is 5.97 Å². The third-order valence-corrected chi connectivity index (χ3v) is 3.75. The molecule has 0 spiro atoms. The topological polar surface area (TPSA) is 77.8 Å². The van der Waals surface area contributed by atoms with Crippen molar-refractivity contribution in [1.29, 1.82) is 0 Å². The van der Waals surface area contributed by atoms with Gasteiger partial charge in [-0.1, -0.05) is 18.2 Å². The van der Waals surface area contributed by atoms with Crippen LogP contribution >= 0.6 is 0 Å². The van der Waals surface area contributed by atoms with E-state index < -0.39 is 12.1 Å². The summed E-state index contributed by atoms with van der Waals surface area (Å²) in [6.45, 7) is 1.86. The molecule has 6 heteroatoms. The minimum atomic E-state index is -0.538. The average molecular weight is 315 g/mol. The van der Waals surface area contributed by atoms with Crippen LogP contribution in [0.3, 0.4) is 0 Å². The summed E-state index contributed by atoms with van der Waals surface area (Å²) in [5.41, 5.74) is 1.38. The lowest BCUT2D eigenvalue weighted by atomic mass is 10.1. The maximum absolute atomic E-state index is 12.2. The van der Waals surface area contributed by atoms with Crippen molar-refractivity contribution in [3.63, 3.8) is 0 Å². The van der Waals surface area contributed by atoms with Crippen LogP contribution in [0, 0.1) is 6.92 Å². The van der Waals surface area contributed by atoms with Crippen molar-refractivity contribution in [2.45, 2.75) is 26.0 Å². The predicted octanol–water partition coefficient (Wildman–Crippen LogP) is 1.99. The quantitative estimate of drug-likeness (QED) is 0.873. The molecule has 0 saturated carbocycles. The highest BCUT2D eigenvalue weighted by atomic mass is 16.5. The highest BCUT2D eigenvalue weighted by Gasteiger charge is 2.28. The number of rotatable bonds is 4. The summed E-state index contributed by atoms with van der Waals surface area (Å²) in [5.74, 6) is 1.03. The first-order valence-corrected chi connectivity index (χ1v) is 7.28. The second kappa shape index (κ2) is 6.16. The Labute approximate surface area is 133 Å². The van der Waals surface area contributed by atoms with Gasteiger partial charge in [-0.2, -0.15) is 0 Å². The molecule has 1 N–H and O–H groups in total. The van der Waals surface area contributed by atoms with Gasteiger partial charge in [0, 0.05) is 6.42 Å². The second-order valence-corrected chi connectivity index (χ2v) is 5.31. The number of ether oxygens (including phenoxy) is 2. The Balaban J connectivity index is 1.59. The van der Waals surface area contributed by atoms with Crippen molar-refractivity contribution >= 4 is 11.9 Å². The van der Waals surface area contributed by atoms with E-state index in [2.05, 4.69) is 10.1 Å². The number of esters is 1. The van der Waals surface area contributed by atoms with Crippen molar-refractivity contribution in [1.82, 2.24) is 5.32 Å². The maximum Gasteiger partial charge on any atom is 0.341 e. The fourth-order valence-corrected chi connectivity index (χ4v) is 2.56. The lowest BCUT2D eigenvalue weighted by Gasteiger charge is -2.10. The Morgan fingerprint density at radius 1 is 1.35 bits per heavy atom. The Bertz CT molecular complexity index is 724. The molecule has 6 nitrogen and oxygen atoms in total. The average Bonchev–Trinajstić information content (AvgIpc) is 3.15. The lowest BCUT2D eigenvalue weighted by molar-refractivity contribution is -0.127. The zero-order valence-electron chi connectivity index (χ0n) is 12.9. The van der Waals surface area contributed by atoms with Crippen LogP contribution in [0.5, 0.6) is 5.75 Å². The second-order valence-electron chi connectivity index (χ2n) is 5.31. The van der Waals surface area contributed by atoms with Crippen LogP contribution in [0.4, 0.5) is 0 Å². The highest BCUT2D eigenvalue weighted by molar-refractivity contribution is 5.90. The van der Waals surface area contributed by atoms with Crippen molar-refractivity contribution in [3.05, 3.63) is 53.0 Å². The molecule has 1 aliphatic heterocycles. The number of carbonyl (C=O) groups excluding carboxylic acids is 2. The van der Waals surface area contributed by atoms with Gasteiger partial charge in [-0.3, -0.25) is 4.79 Å². The number of nitrogens with one attached hydrogen (secondary N) is 1. The van der Waals surface area contributed by atoms with E-state index in [0.717, 1.165) is 11.3 Å². The van der Waals surface area contributed by atoms with Crippen LogP contribution in [0.1, 0.15) is 27.4 Å². The van der Waals surface area contributed by atoms with Gasteiger partial charge in [0.1, 0.15) is 22.8 Å². The SMILES string of the molecule is COC(=O)c1cc(CNC(=O)[C@H]2Cc3ccccc3O2)oc1C. The van der Waals surface area contributed by atoms with Crippen LogP contribution in [0.2, 0.25) is 0 Å². The number of fused-ring (bicyclic) bond motifs is 1. The fraction of sp³-hybridized carbons (Fsp3) is 0.294. The van der Waals surface area contributed by atoms with E-state index in [0.29, 0.717) is 23.5 Å². The monoisotopic (exact) mass is 315 g/mol. The van der Waals surface area contributed by atoms with Gasteiger partial charge in [-0.15, -0.1) is 0 Å². The van der Waals surface area contributed by atoms with Crippen LogP contribution < -0.4 is 10.1 Å². The molecule has 0 aliphatic carbocycles. The normalized spacial score (nSPS) is 15.7. The fourth-order valence-electron chi connectivity index (χ4n) is 2.56. The Morgan fingerprint density at radius 3 is 2.87 bits per heavy atom. The predicted molar refractivity (Wildman–Crippen MR) is 81.2 cm³/mol. The highest BCUT2D eigenvalue weighted by Crippen LogP contribution is 2.28. The molecule has 0 radical (unpaired) electrons. The summed E-state index contributed by atoms with van der Waals surface area (Å²) in [5, 5.41) is 2.76. The molecule has 1 atom stereocenters. The molecule has 120 valence electrons. The van der Waals surface area contributed by atoms with E-state index in [1.165, 1.54) is 7.11 Å². The van der Waals surface area contributed by atoms with E-state index in [-0.39, 0.29) is 12.5 Å². The molecule has 2 heterocycles. The Hall–Kier alpha value is -2.76. The smallest absolute Gasteiger partial charge is 0.341 e. The van der Waals surface area contributed by atoms with E-state index in [9.17, 15) is 9.59 Å². The summed E-state index contributed by atoms with van der Waals surface area (Å²) >= 11 is 0. The van der Waals surface area contributed by atoms with Gasteiger partial charge in [0.15, 0.2) is 6.10 Å². The van der Waals surface area contributed by atoms with Gasteiger partial charge in [-0.05, 0) is 24.6 Å². The number of furan rings is 1. The van der Waals surface area contributed by atoms with Crippen molar-refractivity contribution in [2.24, 2.45) is 0 Å². The number of amides is 1. The molecule has 1 aliphatic rings. The number of carbonyl (C=O) groups is 2. The van der Waals surface area contributed by atoms with Crippen LogP contribution in [-0.4, -0.2) is 25.1 Å². The summed E-state index contributed by atoms with van der Waals surface area (Å²) in [4.78, 5) is 23.7. The first-order chi connectivity index (χ1) is 11.1. The van der Waals surface area contributed by atoms with Gasteiger partial charge in [-0.25, -0.2) is 4.79 Å². The van der Waals surface area contributed by atoms with Crippen LogP contribution in [0.25, 0.3) is 0 Å². The number of hydrogen-bond donors (Lipinski definition) is 1. The molecule has 0 unspecified atom stereocenters. The van der Waals surface area contributed by atoms with Crippen molar-refractivity contribution in [2.75, 3.05) is 7.11 Å². The number of benzene rings is 1. The van der Waals surface area contributed by atoms with Gasteiger partial charge in [0.2, 0.25) is 0 Å². The first kappa shape index (κ1) is 15.1. The molecular formula is C17H17NO5. The van der Waals surface area contributed by atoms with Crippen molar-refractivity contribution in [3.8, 4) is 5.75 Å². The van der Waals surface area contributed by atoms with Gasteiger partial charge in [0.05, 0.1) is 13.7 Å². The number of aryl methyl sites for hydroxylation is 1. The zero-order chi connectivity index (χ0) is 16.4. The Kier molecular flexibility index (Phi) is 4.06. The molecule has 0 bridgehead atoms. The Morgan fingerprint density at radius 2 is 2.13 bits per heavy atom. The summed E-state index contributed by atoms with van der Waals surface area (Å²) in [7, 11) is 1.31. The zero-order valence-corrected chi connectivity index (χ0v) is 12.9. The molecule has 1 aromatic carbocycles. The molecule has 2 aromatic rings. The molecule has 1 aromatic heterocycles. The van der Waals surface area contributed by atoms with Crippen molar-refractivity contribution < 1.29 is 23.5 Å². The number of para-hydroxylation sites is 1. The first-order valence-electron chi connectivity index (χ1n) is 7.28.